The van der Waals surface area contributed by atoms with Crippen molar-refractivity contribution >= 4 is 11.4 Å². The molecule has 0 amide bonds. The average molecular weight is 317 g/mol. The van der Waals surface area contributed by atoms with Crippen LogP contribution >= 0.6 is 0 Å². The number of aryl methyl sites for hydroxylation is 1. The maximum absolute atomic E-state index is 4.52. The van der Waals surface area contributed by atoms with E-state index in [1.54, 1.807) is 17.2 Å². The molecule has 7 heteroatoms. The summed E-state index contributed by atoms with van der Waals surface area (Å²) in [5, 5.41) is 4.26. The molecule has 0 aromatic carbocycles. The van der Waals surface area contributed by atoms with E-state index in [0.717, 1.165) is 40.1 Å². The first kappa shape index (κ1) is 13.1. The van der Waals surface area contributed by atoms with E-state index in [1.165, 1.54) is 0 Å². The first-order chi connectivity index (χ1) is 11.8. The minimum absolute atomic E-state index is 0. The lowest BCUT2D eigenvalue weighted by Crippen LogP contribution is -1.99. The minimum Gasteiger partial charge on any atom is -0.291 e. The number of hydrogen-bond donors (Lipinski definition) is 0. The molecule has 5 rings (SSSR count). The van der Waals surface area contributed by atoms with Crippen LogP contribution in [0.15, 0.2) is 49.6 Å². The van der Waals surface area contributed by atoms with Gasteiger partial charge in [-0.1, -0.05) is 6.08 Å². The zero-order valence-electron chi connectivity index (χ0n) is 13.0. The molecule has 1 aliphatic carbocycles. The first-order valence-corrected chi connectivity index (χ1v) is 7.62. The fourth-order valence-corrected chi connectivity index (χ4v) is 3.14. The molecule has 0 saturated heterocycles. The topological polar surface area (TPSA) is 73.8 Å². The van der Waals surface area contributed by atoms with Gasteiger partial charge in [-0.25, -0.2) is 19.9 Å². The van der Waals surface area contributed by atoms with Gasteiger partial charge in [-0.2, -0.15) is 5.10 Å². The first-order valence-electron chi connectivity index (χ1n) is 7.62. The normalized spacial score (nSPS) is 13.3. The molecule has 0 atom stereocenters. The van der Waals surface area contributed by atoms with Gasteiger partial charge in [0.1, 0.15) is 6.33 Å². The molecule has 0 unspecified atom stereocenters. The number of hydrogen-bond acceptors (Lipinski definition) is 5. The van der Waals surface area contributed by atoms with Crippen molar-refractivity contribution in [2.75, 3.05) is 0 Å². The van der Waals surface area contributed by atoms with Crippen molar-refractivity contribution in [1.29, 1.82) is 0 Å². The Bertz CT molecular complexity index is 1110. The lowest BCUT2D eigenvalue weighted by Gasteiger charge is -2.10. The third kappa shape index (κ3) is 1.88. The van der Waals surface area contributed by atoms with Crippen molar-refractivity contribution in [3.63, 3.8) is 0 Å². The van der Waals surface area contributed by atoms with E-state index in [-0.39, 0.29) is 1.43 Å². The Balaban J connectivity index is 0.00000157. The van der Waals surface area contributed by atoms with Crippen molar-refractivity contribution in [1.82, 2.24) is 34.1 Å². The number of nitrogens with zero attached hydrogens (tertiary/aromatic N) is 7. The number of allylic oxidation sites excluding steroid dienone is 1. The smallest absolute Gasteiger partial charge is 0.233 e. The van der Waals surface area contributed by atoms with Gasteiger partial charge >= 0.3 is 0 Å². The van der Waals surface area contributed by atoms with E-state index < -0.39 is 0 Å². The van der Waals surface area contributed by atoms with E-state index in [9.17, 15) is 0 Å². The van der Waals surface area contributed by atoms with Crippen molar-refractivity contribution in [2.24, 2.45) is 7.05 Å². The van der Waals surface area contributed by atoms with Gasteiger partial charge in [0, 0.05) is 62.6 Å². The van der Waals surface area contributed by atoms with Gasteiger partial charge in [-0.15, -0.1) is 0 Å². The van der Waals surface area contributed by atoms with Gasteiger partial charge < -0.3 is 0 Å². The SMILES string of the molecule is Cn1cc(-c2ncnc3c2C(c2cnc4nccn4c2)=CC3)cn1.[HH]. The van der Waals surface area contributed by atoms with Gasteiger partial charge in [-0.3, -0.25) is 9.08 Å². The summed E-state index contributed by atoms with van der Waals surface area (Å²) in [7, 11) is 1.90. The van der Waals surface area contributed by atoms with E-state index in [1.807, 2.05) is 42.4 Å². The highest BCUT2D eigenvalue weighted by atomic mass is 15.2. The summed E-state index contributed by atoms with van der Waals surface area (Å²) in [5.41, 5.74) is 6.12. The maximum atomic E-state index is 4.52. The Hall–Kier alpha value is -3.35. The van der Waals surface area contributed by atoms with Crippen molar-refractivity contribution in [3.8, 4) is 11.3 Å². The van der Waals surface area contributed by atoms with Crippen LogP contribution in [0.5, 0.6) is 0 Å². The quantitative estimate of drug-likeness (QED) is 0.566. The fraction of sp³-hybridized carbons (Fsp3) is 0.118. The van der Waals surface area contributed by atoms with E-state index in [0.29, 0.717) is 5.78 Å². The molecule has 4 heterocycles. The zero-order valence-corrected chi connectivity index (χ0v) is 13.0. The predicted octanol–water partition coefficient (Wildman–Crippen LogP) is 2.15. The second-order valence-corrected chi connectivity index (χ2v) is 5.75. The molecule has 0 N–H and O–H groups in total. The van der Waals surface area contributed by atoms with E-state index in [2.05, 4.69) is 31.1 Å². The van der Waals surface area contributed by atoms with Crippen LogP contribution in [-0.4, -0.2) is 34.1 Å². The summed E-state index contributed by atoms with van der Waals surface area (Å²) in [5.74, 6) is 0.689. The van der Waals surface area contributed by atoms with Gasteiger partial charge in [0.15, 0.2) is 0 Å². The average Bonchev–Trinajstić information content (AvgIpc) is 3.32. The molecule has 24 heavy (non-hydrogen) atoms. The van der Waals surface area contributed by atoms with Gasteiger partial charge in [0.05, 0.1) is 17.6 Å². The third-order valence-corrected chi connectivity index (χ3v) is 4.23. The molecule has 0 radical (unpaired) electrons. The molecule has 4 aromatic heterocycles. The van der Waals surface area contributed by atoms with Crippen molar-refractivity contribution in [3.05, 3.63) is 66.4 Å². The van der Waals surface area contributed by atoms with Crippen LogP contribution in [0, 0.1) is 0 Å². The Morgan fingerprint density at radius 2 is 2.00 bits per heavy atom. The maximum Gasteiger partial charge on any atom is 0.233 e. The van der Waals surface area contributed by atoms with Crippen LogP contribution in [-0.2, 0) is 13.5 Å². The Kier molecular flexibility index (Phi) is 2.64. The number of imidazole rings is 1. The van der Waals surface area contributed by atoms with Crippen LogP contribution in [0.1, 0.15) is 18.2 Å². The van der Waals surface area contributed by atoms with Crippen LogP contribution < -0.4 is 0 Å². The predicted molar refractivity (Wildman–Crippen MR) is 90.1 cm³/mol. The third-order valence-electron chi connectivity index (χ3n) is 4.23. The summed E-state index contributed by atoms with van der Waals surface area (Å²) in [6.07, 6.45) is 15.9. The molecule has 118 valence electrons. The lowest BCUT2D eigenvalue weighted by atomic mass is 9.99. The Morgan fingerprint density at radius 3 is 2.88 bits per heavy atom. The highest BCUT2D eigenvalue weighted by Crippen LogP contribution is 2.37. The number of aromatic nitrogens is 7. The summed E-state index contributed by atoms with van der Waals surface area (Å²) in [6, 6.07) is 0. The standard InChI is InChI=1S/C17H13N7.H2/c1-23-8-12(7-22-23)16-15-13(2-3-14(15)20-10-21-16)11-6-19-17-18-4-5-24(17)9-11;/h2,4-10H,3H2,1H3;1H. The molecule has 0 aliphatic heterocycles. The zero-order chi connectivity index (χ0) is 16.1. The van der Waals surface area contributed by atoms with Crippen molar-refractivity contribution < 1.29 is 1.43 Å². The molecule has 0 spiro atoms. The molecule has 0 saturated carbocycles. The molecule has 4 aromatic rings. The van der Waals surface area contributed by atoms with Gasteiger partial charge in [-0.05, 0) is 5.57 Å². The molecular formula is C17H15N7. The number of rotatable bonds is 2. The van der Waals surface area contributed by atoms with Crippen LogP contribution in [0.4, 0.5) is 0 Å². The highest BCUT2D eigenvalue weighted by Gasteiger charge is 2.23. The van der Waals surface area contributed by atoms with Gasteiger partial charge in [0.2, 0.25) is 5.78 Å². The number of fused-ring (bicyclic) bond motifs is 2. The summed E-state index contributed by atoms with van der Waals surface area (Å²) < 4.78 is 3.70. The largest absolute Gasteiger partial charge is 0.291 e. The second kappa shape index (κ2) is 4.82. The Labute approximate surface area is 138 Å². The molecule has 0 bridgehead atoms. The minimum atomic E-state index is 0. The van der Waals surface area contributed by atoms with Crippen LogP contribution in [0.2, 0.25) is 0 Å². The van der Waals surface area contributed by atoms with Crippen LogP contribution in [0.25, 0.3) is 22.6 Å². The van der Waals surface area contributed by atoms with Crippen molar-refractivity contribution in [2.45, 2.75) is 6.42 Å². The Morgan fingerprint density at radius 1 is 1.04 bits per heavy atom. The molecule has 7 nitrogen and oxygen atoms in total. The lowest BCUT2D eigenvalue weighted by molar-refractivity contribution is 0.768. The van der Waals surface area contributed by atoms with E-state index in [4.69, 9.17) is 0 Å². The highest BCUT2D eigenvalue weighted by molar-refractivity contribution is 5.90. The monoisotopic (exact) mass is 317 g/mol. The van der Waals surface area contributed by atoms with Crippen LogP contribution in [0.3, 0.4) is 0 Å². The van der Waals surface area contributed by atoms with Gasteiger partial charge in [0.25, 0.3) is 0 Å². The summed E-state index contributed by atoms with van der Waals surface area (Å²) in [4.78, 5) is 17.6. The molecule has 1 aliphatic rings. The second-order valence-electron chi connectivity index (χ2n) is 5.75. The molecular weight excluding hydrogens is 302 g/mol. The fourth-order valence-electron chi connectivity index (χ4n) is 3.14. The van der Waals surface area contributed by atoms with E-state index >= 15 is 0 Å². The molecule has 0 fully saturated rings. The summed E-state index contributed by atoms with van der Waals surface area (Å²) >= 11 is 0. The summed E-state index contributed by atoms with van der Waals surface area (Å²) in [6.45, 7) is 0.